The fourth-order valence-electron chi connectivity index (χ4n) is 1.02. The minimum Gasteiger partial charge on any atom is -0.493 e. The SMILES string of the molecule is COc1c(CC#N)ccc(F)c1F. The number of hydrogen-bond acceptors (Lipinski definition) is 2. The first-order valence-electron chi connectivity index (χ1n) is 3.58. The van der Waals surface area contributed by atoms with Crippen molar-refractivity contribution in [2.75, 3.05) is 7.11 Å². The van der Waals surface area contributed by atoms with Gasteiger partial charge in [0.15, 0.2) is 11.6 Å². The predicted octanol–water partition coefficient (Wildman–Crippen LogP) is 2.04. The summed E-state index contributed by atoms with van der Waals surface area (Å²) in [6.45, 7) is 0. The van der Waals surface area contributed by atoms with Gasteiger partial charge in [0.1, 0.15) is 0 Å². The zero-order valence-corrected chi connectivity index (χ0v) is 6.97. The van der Waals surface area contributed by atoms with Crippen LogP contribution >= 0.6 is 0 Å². The molecule has 1 rings (SSSR count). The Kier molecular flexibility index (Phi) is 2.80. The fraction of sp³-hybridized carbons (Fsp3) is 0.222. The summed E-state index contributed by atoms with van der Waals surface area (Å²) in [5, 5.41) is 8.38. The molecule has 0 aliphatic carbocycles. The largest absolute Gasteiger partial charge is 0.493 e. The Balaban J connectivity index is 3.23. The maximum absolute atomic E-state index is 13.0. The molecule has 0 aliphatic rings. The van der Waals surface area contributed by atoms with Gasteiger partial charge in [0, 0.05) is 5.56 Å². The van der Waals surface area contributed by atoms with Crippen molar-refractivity contribution in [2.45, 2.75) is 6.42 Å². The topological polar surface area (TPSA) is 33.0 Å². The van der Waals surface area contributed by atoms with Crippen LogP contribution in [0.3, 0.4) is 0 Å². The van der Waals surface area contributed by atoms with Gasteiger partial charge in [-0.25, -0.2) is 4.39 Å². The van der Waals surface area contributed by atoms with Crippen LogP contribution in [0.1, 0.15) is 5.56 Å². The monoisotopic (exact) mass is 183 g/mol. The quantitative estimate of drug-likeness (QED) is 0.702. The molecule has 2 nitrogen and oxygen atoms in total. The maximum Gasteiger partial charge on any atom is 0.200 e. The summed E-state index contributed by atoms with van der Waals surface area (Å²) in [6.07, 6.45) is 0.000370. The van der Waals surface area contributed by atoms with Crippen molar-refractivity contribution in [2.24, 2.45) is 0 Å². The summed E-state index contributed by atoms with van der Waals surface area (Å²) in [5.74, 6) is -2.21. The number of methoxy groups -OCH3 is 1. The van der Waals surface area contributed by atoms with Gasteiger partial charge < -0.3 is 4.74 Å². The van der Waals surface area contributed by atoms with Crippen LogP contribution < -0.4 is 4.74 Å². The fourth-order valence-corrected chi connectivity index (χ4v) is 1.02. The molecule has 0 saturated heterocycles. The molecule has 1 aromatic carbocycles. The van der Waals surface area contributed by atoms with Crippen molar-refractivity contribution in [3.8, 4) is 11.8 Å². The number of hydrogen-bond donors (Lipinski definition) is 0. The van der Waals surface area contributed by atoms with E-state index >= 15 is 0 Å². The first-order chi connectivity index (χ1) is 6.20. The second kappa shape index (κ2) is 3.85. The third kappa shape index (κ3) is 1.75. The van der Waals surface area contributed by atoms with Crippen molar-refractivity contribution in [3.05, 3.63) is 29.3 Å². The molecule has 4 heteroatoms. The van der Waals surface area contributed by atoms with Crippen molar-refractivity contribution >= 4 is 0 Å². The summed E-state index contributed by atoms with van der Waals surface area (Å²) in [4.78, 5) is 0. The third-order valence-electron chi connectivity index (χ3n) is 1.61. The first-order valence-corrected chi connectivity index (χ1v) is 3.58. The zero-order valence-electron chi connectivity index (χ0n) is 6.97. The molecule has 0 aliphatic heterocycles. The first kappa shape index (κ1) is 9.46. The highest BCUT2D eigenvalue weighted by Gasteiger charge is 2.13. The second-order valence-electron chi connectivity index (χ2n) is 2.39. The maximum atomic E-state index is 13.0. The number of nitriles is 1. The normalized spacial score (nSPS) is 9.38. The van der Waals surface area contributed by atoms with Gasteiger partial charge in [-0.1, -0.05) is 6.07 Å². The zero-order chi connectivity index (χ0) is 9.84. The van der Waals surface area contributed by atoms with Crippen LogP contribution in [-0.2, 0) is 6.42 Å². The molecule has 1 aromatic rings. The average molecular weight is 183 g/mol. The van der Waals surface area contributed by atoms with Gasteiger partial charge in [-0.2, -0.15) is 9.65 Å². The highest BCUT2D eigenvalue weighted by Crippen LogP contribution is 2.24. The van der Waals surface area contributed by atoms with Crippen LogP contribution in [0.4, 0.5) is 8.78 Å². The molecule has 0 atom stereocenters. The van der Waals surface area contributed by atoms with E-state index in [0.717, 1.165) is 6.07 Å². The Hall–Kier alpha value is -1.63. The van der Waals surface area contributed by atoms with Gasteiger partial charge in [-0.3, -0.25) is 0 Å². The number of halogens is 2. The van der Waals surface area contributed by atoms with E-state index in [9.17, 15) is 8.78 Å². The van der Waals surface area contributed by atoms with Crippen LogP contribution in [-0.4, -0.2) is 7.11 Å². The summed E-state index contributed by atoms with van der Waals surface area (Å²) < 4.78 is 30.3. The van der Waals surface area contributed by atoms with Gasteiger partial charge in [0.25, 0.3) is 0 Å². The Morgan fingerprint density at radius 3 is 2.69 bits per heavy atom. The Morgan fingerprint density at radius 1 is 1.46 bits per heavy atom. The number of rotatable bonds is 2. The van der Waals surface area contributed by atoms with E-state index in [1.807, 2.05) is 6.07 Å². The van der Waals surface area contributed by atoms with Crippen molar-refractivity contribution < 1.29 is 13.5 Å². The van der Waals surface area contributed by atoms with Gasteiger partial charge in [-0.05, 0) is 6.07 Å². The number of nitrogens with zero attached hydrogens (tertiary/aromatic N) is 1. The predicted molar refractivity (Wildman–Crippen MR) is 42.2 cm³/mol. The number of ether oxygens (including phenoxy) is 1. The lowest BCUT2D eigenvalue weighted by Gasteiger charge is -2.06. The van der Waals surface area contributed by atoms with E-state index in [1.54, 1.807) is 0 Å². The van der Waals surface area contributed by atoms with Crippen molar-refractivity contribution in [1.82, 2.24) is 0 Å². The van der Waals surface area contributed by atoms with Gasteiger partial charge >= 0.3 is 0 Å². The second-order valence-corrected chi connectivity index (χ2v) is 2.39. The van der Waals surface area contributed by atoms with Gasteiger partial charge in [0.05, 0.1) is 19.6 Å². The standard InChI is InChI=1S/C9H7F2NO/c1-13-9-6(4-5-12)2-3-7(10)8(9)11/h2-3H,4H2,1H3. The van der Waals surface area contributed by atoms with E-state index in [-0.39, 0.29) is 12.2 Å². The molecular weight excluding hydrogens is 176 g/mol. The Morgan fingerprint density at radius 2 is 2.15 bits per heavy atom. The van der Waals surface area contributed by atoms with Crippen LogP contribution in [0.25, 0.3) is 0 Å². The summed E-state index contributed by atoms with van der Waals surface area (Å²) in [5.41, 5.74) is 0.351. The molecule has 68 valence electrons. The van der Waals surface area contributed by atoms with Gasteiger partial charge in [-0.15, -0.1) is 0 Å². The molecule has 0 radical (unpaired) electrons. The van der Waals surface area contributed by atoms with Gasteiger partial charge in [0.2, 0.25) is 5.82 Å². The van der Waals surface area contributed by atoms with Crippen LogP contribution in [0, 0.1) is 23.0 Å². The highest BCUT2D eigenvalue weighted by atomic mass is 19.2. The minimum absolute atomic E-state index is 0.000370. The smallest absolute Gasteiger partial charge is 0.200 e. The molecule has 0 fully saturated rings. The lowest BCUT2D eigenvalue weighted by molar-refractivity contribution is 0.368. The molecule has 0 heterocycles. The van der Waals surface area contributed by atoms with E-state index in [0.29, 0.717) is 5.56 Å². The molecule has 0 saturated carbocycles. The number of benzene rings is 1. The molecule has 0 amide bonds. The molecule has 0 spiro atoms. The van der Waals surface area contributed by atoms with E-state index < -0.39 is 11.6 Å². The van der Waals surface area contributed by atoms with E-state index in [2.05, 4.69) is 4.74 Å². The van der Waals surface area contributed by atoms with Crippen LogP contribution in [0.2, 0.25) is 0 Å². The van der Waals surface area contributed by atoms with E-state index in [1.165, 1.54) is 13.2 Å². The van der Waals surface area contributed by atoms with Crippen LogP contribution in [0.5, 0.6) is 5.75 Å². The molecule has 0 unspecified atom stereocenters. The van der Waals surface area contributed by atoms with Crippen molar-refractivity contribution in [3.63, 3.8) is 0 Å². The third-order valence-corrected chi connectivity index (χ3v) is 1.61. The van der Waals surface area contributed by atoms with Crippen LogP contribution in [0.15, 0.2) is 12.1 Å². The Labute approximate surface area is 74.4 Å². The molecule has 13 heavy (non-hydrogen) atoms. The molecule has 0 bridgehead atoms. The molecule has 0 aromatic heterocycles. The highest BCUT2D eigenvalue weighted by molar-refractivity contribution is 5.37. The lowest BCUT2D eigenvalue weighted by atomic mass is 10.1. The minimum atomic E-state index is -1.05. The lowest BCUT2D eigenvalue weighted by Crippen LogP contribution is -1.97. The summed E-state index contributed by atoms with van der Waals surface area (Å²) in [6, 6.07) is 4.15. The summed E-state index contributed by atoms with van der Waals surface area (Å²) in [7, 11) is 1.23. The molecule has 0 N–H and O–H groups in total. The van der Waals surface area contributed by atoms with Crippen molar-refractivity contribution in [1.29, 1.82) is 5.26 Å². The molecular formula is C9H7F2NO. The van der Waals surface area contributed by atoms with E-state index in [4.69, 9.17) is 5.26 Å². The average Bonchev–Trinajstić information content (AvgIpc) is 2.12. The summed E-state index contributed by atoms with van der Waals surface area (Å²) >= 11 is 0. The Bertz CT molecular complexity index is 357.